The first-order chi connectivity index (χ1) is 28.1. The zero-order valence-electron chi connectivity index (χ0n) is 32.0. The molecule has 0 saturated carbocycles. The Balaban J connectivity index is 1.21. The van der Waals surface area contributed by atoms with Gasteiger partial charge in [-0.2, -0.15) is 0 Å². The number of rotatable bonds is 9. The van der Waals surface area contributed by atoms with Gasteiger partial charge in [0.2, 0.25) is 0 Å². The summed E-state index contributed by atoms with van der Waals surface area (Å²) in [6, 6.07) is 59.0. The van der Waals surface area contributed by atoms with Gasteiger partial charge in [-0.25, -0.2) is 0 Å². The minimum Gasteiger partial charge on any atom is -0.360 e. The van der Waals surface area contributed by atoms with E-state index >= 15 is 0 Å². The van der Waals surface area contributed by atoms with Crippen molar-refractivity contribution in [3.8, 4) is 44.5 Å². The van der Waals surface area contributed by atoms with Crippen molar-refractivity contribution >= 4 is 31.5 Å². The first-order valence-electron chi connectivity index (χ1n) is 19.6. The van der Waals surface area contributed by atoms with Crippen molar-refractivity contribution in [2.45, 2.75) is 19.5 Å². The maximum atomic E-state index is 5.33. The number of benzene rings is 7. The van der Waals surface area contributed by atoms with Crippen molar-refractivity contribution in [1.82, 2.24) is 5.32 Å². The molecule has 0 aromatic heterocycles. The third-order valence-corrected chi connectivity index (χ3v) is 11.6. The van der Waals surface area contributed by atoms with Crippen molar-refractivity contribution in [1.29, 1.82) is 0 Å². The molecular formula is C54H43N2P. The van der Waals surface area contributed by atoms with Crippen LogP contribution in [0.1, 0.15) is 46.5 Å². The van der Waals surface area contributed by atoms with Gasteiger partial charge in [0, 0.05) is 5.70 Å². The van der Waals surface area contributed by atoms with Crippen molar-refractivity contribution in [3.05, 3.63) is 234 Å². The number of nitrogens with zero attached hydrogens (tertiary/aromatic N) is 1. The van der Waals surface area contributed by atoms with E-state index in [1.54, 1.807) is 0 Å². The van der Waals surface area contributed by atoms with Gasteiger partial charge in [-0.1, -0.05) is 170 Å². The van der Waals surface area contributed by atoms with Crippen LogP contribution < -0.4 is 10.6 Å². The van der Waals surface area contributed by atoms with Gasteiger partial charge < -0.3 is 5.32 Å². The molecule has 0 fully saturated rings. The molecule has 2 aliphatic rings. The molecule has 0 radical (unpaired) electrons. The van der Waals surface area contributed by atoms with Gasteiger partial charge in [0.25, 0.3) is 0 Å². The lowest BCUT2D eigenvalue weighted by atomic mass is 9.88. The molecule has 7 aromatic rings. The molecule has 1 aliphatic heterocycles. The average molecular weight is 751 g/mol. The Morgan fingerprint density at radius 2 is 1.33 bits per heavy atom. The number of hydrogen-bond acceptors (Lipinski definition) is 2. The van der Waals surface area contributed by atoms with Gasteiger partial charge in [-0.05, 0) is 132 Å². The predicted octanol–water partition coefficient (Wildman–Crippen LogP) is 13.0. The van der Waals surface area contributed by atoms with Crippen molar-refractivity contribution in [2.24, 2.45) is 4.99 Å². The molecule has 0 bridgehead atoms. The molecular weight excluding hydrogens is 708 g/mol. The van der Waals surface area contributed by atoms with Crippen LogP contribution in [-0.4, -0.2) is 5.71 Å². The van der Waals surface area contributed by atoms with E-state index in [1.165, 1.54) is 60.9 Å². The van der Waals surface area contributed by atoms with Crippen LogP contribution in [0.4, 0.5) is 0 Å². The van der Waals surface area contributed by atoms with Crippen LogP contribution >= 0.6 is 9.24 Å². The summed E-state index contributed by atoms with van der Waals surface area (Å²) in [4.78, 5) is 5.33. The number of fused-ring (bicyclic) bond motifs is 3. The highest BCUT2D eigenvalue weighted by molar-refractivity contribution is 7.28. The maximum Gasteiger partial charge on any atom is 0.145 e. The third-order valence-electron chi connectivity index (χ3n) is 11.0. The third kappa shape index (κ3) is 7.17. The summed E-state index contributed by atoms with van der Waals surface area (Å²) in [6.45, 7) is 6.04. The second-order valence-electron chi connectivity index (χ2n) is 14.6. The zero-order chi connectivity index (χ0) is 38.7. The second-order valence-corrected chi connectivity index (χ2v) is 15.1. The number of nitrogens with one attached hydrogen (secondary N) is 1. The van der Waals surface area contributed by atoms with Gasteiger partial charge in [-0.15, -0.1) is 9.24 Å². The largest absolute Gasteiger partial charge is 0.360 e. The van der Waals surface area contributed by atoms with Crippen molar-refractivity contribution in [2.75, 3.05) is 0 Å². The Morgan fingerprint density at radius 3 is 2.07 bits per heavy atom. The van der Waals surface area contributed by atoms with E-state index in [-0.39, 0.29) is 6.17 Å². The van der Waals surface area contributed by atoms with Crippen LogP contribution in [-0.2, 0) is 6.42 Å². The molecule has 0 saturated heterocycles. The summed E-state index contributed by atoms with van der Waals surface area (Å²) in [6.07, 6.45) is 10.9. The van der Waals surface area contributed by atoms with Crippen LogP contribution in [0.2, 0.25) is 0 Å². The van der Waals surface area contributed by atoms with Crippen LogP contribution in [0, 0.1) is 0 Å². The Morgan fingerprint density at radius 1 is 0.649 bits per heavy atom. The maximum absolute atomic E-state index is 5.33. The van der Waals surface area contributed by atoms with E-state index in [9.17, 15) is 0 Å². The highest BCUT2D eigenvalue weighted by atomic mass is 31.0. The van der Waals surface area contributed by atoms with E-state index in [0.717, 1.165) is 45.7 Å². The Labute approximate surface area is 338 Å². The van der Waals surface area contributed by atoms with E-state index in [4.69, 9.17) is 4.99 Å². The first kappa shape index (κ1) is 36.1. The second kappa shape index (κ2) is 15.9. The highest BCUT2D eigenvalue weighted by Crippen LogP contribution is 2.46. The summed E-state index contributed by atoms with van der Waals surface area (Å²) in [5.41, 5.74) is 20.2. The molecule has 9 rings (SSSR count). The van der Waals surface area contributed by atoms with Crippen LogP contribution in [0.5, 0.6) is 0 Å². The molecule has 1 heterocycles. The first-order valence-corrected chi connectivity index (χ1v) is 20.1. The summed E-state index contributed by atoms with van der Waals surface area (Å²) in [7, 11) is 3.16. The molecule has 57 heavy (non-hydrogen) atoms. The zero-order valence-corrected chi connectivity index (χ0v) is 33.1. The number of aliphatic imine (C=N–C) groups is 1. The quantitative estimate of drug-likeness (QED) is 0.115. The molecule has 3 heteroatoms. The molecule has 274 valence electrons. The molecule has 1 aliphatic carbocycles. The highest BCUT2D eigenvalue weighted by Gasteiger charge is 2.27. The summed E-state index contributed by atoms with van der Waals surface area (Å²) < 4.78 is 0. The average Bonchev–Trinajstić information content (AvgIpc) is 3.64. The monoisotopic (exact) mass is 750 g/mol. The molecule has 7 aromatic carbocycles. The van der Waals surface area contributed by atoms with Crippen LogP contribution in [0.15, 0.2) is 206 Å². The normalized spacial score (nSPS) is 14.7. The number of hydrogen-bond donors (Lipinski definition) is 1. The van der Waals surface area contributed by atoms with Gasteiger partial charge in [-0.3, -0.25) is 4.99 Å². The molecule has 0 amide bonds. The fraction of sp³-hybridized carbons (Fsp3) is 0.0556. The molecule has 0 spiro atoms. The van der Waals surface area contributed by atoms with E-state index in [0.29, 0.717) is 0 Å². The van der Waals surface area contributed by atoms with E-state index in [2.05, 4.69) is 216 Å². The van der Waals surface area contributed by atoms with Crippen LogP contribution in [0.25, 0.3) is 55.8 Å². The van der Waals surface area contributed by atoms with Gasteiger partial charge in [0.15, 0.2) is 0 Å². The summed E-state index contributed by atoms with van der Waals surface area (Å²) in [5.74, 6) is 0. The van der Waals surface area contributed by atoms with Crippen molar-refractivity contribution in [3.63, 3.8) is 0 Å². The SMILES string of the molecule is C=C/C=C(\C=C/C)c1cccc(-c2cc3c(c(-c4cccc(C5N=C(c6ccccc6)C=C(c6ccccc6)N5)c4)c2P)Cc2ccc(-c4ccccc4)cc2-3)c1. The Bertz CT molecular complexity index is 2760. The standard InChI is InChI=1S/C54H43N2P/c1-3-16-36(17-4-2)40-24-14-25-42(30-40)47-34-48-46-32-41(37-18-8-5-9-19-37)28-29-43(46)33-49(48)52(53(47)57)44-26-15-27-45(31-44)54-55-50(38-20-10-6-11-21-38)35-51(56-54)39-22-12-7-13-23-39/h3-32,34-35,54-55H,1,33,57H2,2H3/b17-4-,36-16+. The minimum absolute atomic E-state index is 0.270. The minimum atomic E-state index is -0.270. The van der Waals surface area contributed by atoms with Gasteiger partial charge >= 0.3 is 0 Å². The van der Waals surface area contributed by atoms with Gasteiger partial charge in [0.05, 0.1) is 5.71 Å². The van der Waals surface area contributed by atoms with E-state index in [1.807, 2.05) is 6.08 Å². The van der Waals surface area contributed by atoms with Crippen molar-refractivity contribution < 1.29 is 0 Å². The fourth-order valence-electron chi connectivity index (χ4n) is 8.24. The number of allylic oxidation sites excluding steroid dienone is 6. The molecule has 2 atom stereocenters. The summed E-state index contributed by atoms with van der Waals surface area (Å²) >= 11 is 0. The Kier molecular flexibility index (Phi) is 10.0. The molecule has 2 unspecified atom stereocenters. The van der Waals surface area contributed by atoms with Crippen LogP contribution in [0.3, 0.4) is 0 Å². The van der Waals surface area contributed by atoms with Gasteiger partial charge in [0.1, 0.15) is 6.17 Å². The lowest BCUT2D eigenvalue weighted by Gasteiger charge is -2.26. The predicted molar refractivity (Wildman–Crippen MR) is 247 cm³/mol. The van der Waals surface area contributed by atoms with E-state index < -0.39 is 0 Å². The smallest absolute Gasteiger partial charge is 0.145 e. The lowest BCUT2D eigenvalue weighted by Crippen LogP contribution is -2.25. The summed E-state index contributed by atoms with van der Waals surface area (Å²) in [5, 5.41) is 4.98. The Hall–Kier alpha value is -6.60. The fourth-order valence-corrected chi connectivity index (χ4v) is 8.83. The molecule has 1 N–H and O–H groups in total. The topological polar surface area (TPSA) is 24.4 Å². The molecule has 2 nitrogen and oxygen atoms in total. The lowest BCUT2D eigenvalue weighted by molar-refractivity contribution is 0.664.